The van der Waals surface area contributed by atoms with Gasteiger partial charge in [0.25, 0.3) is 5.91 Å². The van der Waals surface area contributed by atoms with Crippen molar-refractivity contribution in [2.45, 2.75) is 13.0 Å². The number of aromatic nitrogens is 2. The first-order valence-corrected chi connectivity index (χ1v) is 6.64. The average Bonchev–Trinajstić information content (AvgIpc) is 2.87. The number of rotatable bonds is 4. The number of halogens is 1. The highest BCUT2D eigenvalue weighted by atomic mass is 79.9. The van der Waals surface area contributed by atoms with Crippen LogP contribution >= 0.6 is 15.9 Å². The summed E-state index contributed by atoms with van der Waals surface area (Å²) in [5, 5.41) is 7.31. The lowest BCUT2D eigenvalue weighted by Crippen LogP contribution is -2.13. The van der Waals surface area contributed by atoms with E-state index in [2.05, 4.69) is 33.3 Å². The molecule has 3 N–H and O–H groups in total. The van der Waals surface area contributed by atoms with Crippen LogP contribution in [0.2, 0.25) is 0 Å². The largest absolute Gasteiger partial charge is 0.364 e. The Morgan fingerprint density at radius 3 is 2.74 bits per heavy atom. The minimum Gasteiger partial charge on any atom is -0.364 e. The summed E-state index contributed by atoms with van der Waals surface area (Å²) in [4.78, 5) is 11.0. The van der Waals surface area contributed by atoms with Gasteiger partial charge in [-0.3, -0.25) is 4.79 Å². The lowest BCUT2D eigenvalue weighted by atomic mass is 10.1. The number of hydrogen-bond donors (Lipinski definition) is 2. The SMILES string of the molecule is CNC(C)c1ccc(-n2ccc(C(N)=O)n2)cc1Br. The Morgan fingerprint density at radius 2 is 2.21 bits per heavy atom. The standard InChI is InChI=1S/C13H15BrN4O/c1-8(16-2)10-4-3-9(7-11(10)14)18-6-5-12(17-18)13(15)19/h3-8,16H,1-2H3,(H2,15,19). The van der Waals surface area contributed by atoms with Crippen molar-refractivity contribution >= 4 is 21.8 Å². The summed E-state index contributed by atoms with van der Waals surface area (Å²) < 4.78 is 2.61. The van der Waals surface area contributed by atoms with Crippen LogP contribution in [0.15, 0.2) is 34.9 Å². The third kappa shape index (κ3) is 2.85. The second-order valence-electron chi connectivity index (χ2n) is 4.23. The number of hydrogen-bond acceptors (Lipinski definition) is 3. The van der Waals surface area contributed by atoms with Gasteiger partial charge < -0.3 is 11.1 Å². The van der Waals surface area contributed by atoms with Gasteiger partial charge in [0.2, 0.25) is 0 Å². The number of nitrogens with two attached hydrogens (primary N) is 1. The van der Waals surface area contributed by atoms with E-state index in [1.807, 2.05) is 25.2 Å². The molecule has 19 heavy (non-hydrogen) atoms. The lowest BCUT2D eigenvalue weighted by molar-refractivity contribution is 0.0995. The fourth-order valence-electron chi connectivity index (χ4n) is 1.76. The fourth-order valence-corrected chi connectivity index (χ4v) is 2.47. The van der Waals surface area contributed by atoms with Gasteiger partial charge in [-0.15, -0.1) is 0 Å². The molecular weight excluding hydrogens is 308 g/mol. The van der Waals surface area contributed by atoms with Gasteiger partial charge >= 0.3 is 0 Å². The molecule has 1 heterocycles. The van der Waals surface area contributed by atoms with Crippen molar-refractivity contribution in [3.05, 3.63) is 46.2 Å². The number of amides is 1. The molecule has 0 radical (unpaired) electrons. The van der Waals surface area contributed by atoms with Crippen molar-refractivity contribution in [1.82, 2.24) is 15.1 Å². The molecule has 100 valence electrons. The third-order valence-electron chi connectivity index (χ3n) is 2.99. The molecule has 0 spiro atoms. The molecule has 0 fully saturated rings. The monoisotopic (exact) mass is 322 g/mol. The second-order valence-corrected chi connectivity index (χ2v) is 5.08. The van der Waals surface area contributed by atoms with Crippen LogP contribution in [0.4, 0.5) is 0 Å². The molecule has 0 bridgehead atoms. The third-order valence-corrected chi connectivity index (χ3v) is 3.68. The zero-order valence-electron chi connectivity index (χ0n) is 10.7. The predicted octanol–water partition coefficient (Wildman–Crippen LogP) is 2.01. The number of primary amides is 1. The van der Waals surface area contributed by atoms with Crippen molar-refractivity contribution in [3.8, 4) is 5.69 Å². The van der Waals surface area contributed by atoms with Crippen LogP contribution in [0.5, 0.6) is 0 Å². The highest BCUT2D eigenvalue weighted by Gasteiger charge is 2.10. The van der Waals surface area contributed by atoms with E-state index in [1.165, 1.54) is 0 Å². The van der Waals surface area contributed by atoms with E-state index in [9.17, 15) is 4.79 Å². The highest BCUT2D eigenvalue weighted by molar-refractivity contribution is 9.10. The summed E-state index contributed by atoms with van der Waals surface area (Å²) in [6, 6.07) is 7.78. The molecule has 0 aliphatic heterocycles. The van der Waals surface area contributed by atoms with E-state index < -0.39 is 5.91 Å². The summed E-state index contributed by atoms with van der Waals surface area (Å²) in [5.41, 5.74) is 7.47. The Hall–Kier alpha value is -1.66. The molecule has 1 amide bonds. The van der Waals surface area contributed by atoms with E-state index in [4.69, 9.17) is 5.73 Å². The number of carbonyl (C=O) groups excluding carboxylic acids is 1. The van der Waals surface area contributed by atoms with Gasteiger partial charge in [0.1, 0.15) is 5.69 Å². The first-order chi connectivity index (χ1) is 9.02. The molecule has 5 nitrogen and oxygen atoms in total. The molecule has 1 aromatic heterocycles. The molecule has 1 atom stereocenters. The van der Waals surface area contributed by atoms with Crippen molar-refractivity contribution in [3.63, 3.8) is 0 Å². The molecule has 0 aliphatic rings. The topological polar surface area (TPSA) is 72.9 Å². The lowest BCUT2D eigenvalue weighted by Gasteiger charge is -2.13. The van der Waals surface area contributed by atoms with Crippen molar-refractivity contribution in [2.75, 3.05) is 7.05 Å². The zero-order chi connectivity index (χ0) is 14.0. The van der Waals surface area contributed by atoms with Crippen LogP contribution in [0, 0.1) is 0 Å². The average molecular weight is 323 g/mol. The summed E-state index contributed by atoms with van der Waals surface area (Å²) in [6.07, 6.45) is 1.71. The van der Waals surface area contributed by atoms with Crippen LogP contribution < -0.4 is 11.1 Å². The van der Waals surface area contributed by atoms with E-state index in [0.29, 0.717) is 0 Å². The smallest absolute Gasteiger partial charge is 0.269 e. The van der Waals surface area contributed by atoms with E-state index in [1.54, 1.807) is 16.9 Å². The first kappa shape index (κ1) is 13.8. The zero-order valence-corrected chi connectivity index (χ0v) is 12.3. The van der Waals surface area contributed by atoms with Gasteiger partial charge in [-0.05, 0) is 37.7 Å². The number of nitrogens with one attached hydrogen (secondary N) is 1. The van der Waals surface area contributed by atoms with Gasteiger partial charge in [0.15, 0.2) is 0 Å². The quantitative estimate of drug-likeness (QED) is 0.904. The first-order valence-electron chi connectivity index (χ1n) is 5.85. The van der Waals surface area contributed by atoms with Gasteiger partial charge in [0.05, 0.1) is 5.69 Å². The van der Waals surface area contributed by atoms with Gasteiger partial charge in [-0.2, -0.15) is 5.10 Å². The Kier molecular flexibility index (Phi) is 4.01. The van der Waals surface area contributed by atoms with E-state index in [-0.39, 0.29) is 11.7 Å². The number of nitrogens with zero attached hydrogens (tertiary/aromatic N) is 2. The van der Waals surface area contributed by atoms with Gasteiger partial charge in [-0.25, -0.2) is 4.68 Å². The predicted molar refractivity (Wildman–Crippen MR) is 77.3 cm³/mol. The minimum atomic E-state index is -0.529. The molecule has 1 aromatic carbocycles. The summed E-state index contributed by atoms with van der Waals surface area (Å²) in [7, 11) is 1.91. The minimum absolute atomic E-state index is 0.252. The number of benzene rings is 1. The van der Waals surface area contributed by atoms with Crippen molar-refractivity contribution < 1.29 is 4.79 Å². The maximum Gasteiger partial charge on any atom is 0.269 e. The Bertz CT molecular complexity index is 608. The Balaban J connectivity index is 2.35. The maximum absolute atomic E-state index is 11.0. The summed E-state index contributed by atoms with van der Waals surface area (Å²) in [5.74, 6) is -0.529. The highest BCUT2D eigenvalue weighted by Crippen LogP contribution is 2.25. The van der Waals surface area contributed by atoms with E-state index in [0.717, 1.165) is 15.7 Å². The Labute approximate surface area is 119 Å². The van der Waals surface area contributed by atoms with E-state index >= 15 is 0 Å². The normalized spacial score (nSPS) is 12.4. The van der Waals surface area contributed by atoms with Gasteiger partial charge in [0, 0.05) is 16.7 Å². The molecule has 2 aromatic rings. The molecule has 0 saturated carbocycles. The van der Waals surface area contributed by atoms with Crippen molar-refractivity contribution in [1.29, 1.82) is 0 Å². The van der Waals surface area contributed by atoms with Crippen LogP contribution in [-0.4, -0.2) is 22.7 Å². The fraction of sp³-hybridized carbons (Fsp3) is 0.231. The Morgan fingerprint density at radius 1 is 1.47 bits per heavy atom. The second kappa shape index (κ2) is 5.54. The summed E-state index contributed by atoms with van der Waals surface area (Å²) >= 11 is 3.55. The molecule has 0 saturated heterocycles. The number of carbonyl (C=O) groups is 1. The van der Waals surface area contributed by atoms with Crippen LogP contribution in [0.3, 0.4) is 0 Å². The molecule has 2 rings (SSSR count). The molecule has 6 heteroatoms. The van der Waals surface area contributed by atoms with Crippen LogP contribution in [0.1, 0.15) is 29.0 Å². The molecule has 0 aliphatic carbocycles. The van der Waals surface area contributed by atoms with Crippen LogP contribution in [0.25, 0.3) is 5.69 Å². The molecular formula is C13H15BrN4O. The van der Waals surface area contributed by atoms with Crippen molar-refractivity contribution in [2.24, 2.45) is 5.73 Å². The summed E-state index contributed by atoms with van der Waals surface area (Å²) in [6.45, 7) is 2.08. The molecule has 1 unspecified atom stereocenters. The van der Waals surface area contributed by atoms with Gasteiger partial charge in [-0.1, -0.05) is 22.0 Å². The maximum atomic E-state index is 11.0. The van der Waals surface area contributed by atoms with Crippen LogP contribution in [-0.2, 0) is 0 Å².